The van der Waals surface area contributed by atoms with Gasteiger partial charge in [0.1, 0.15) is 6.07 Å². The molecule has 5 rings (SSSR count). The number of hydrogen-bond acceptors (Lipinski definition) is 8. The van der Waals surface area contributed by atoms with Gasteiger partial charge in [-0.1, -0.05) is 49.4 Å². The predicted octanol–water partition coefficient (Wildman–Crippen LogP) is 5.21. The number of para-hydroxylation sites is 1. The van der Waals surface area contributed by atoms with E-state index in [9.17, 15) is 0 Å². The Bertz CT molecular complexity index is 1440. The Labute approximate surface area is 236 Å². The van der Waals surface area contributed by atoms with Gasteiger partial charge in [0.15, 0.2) is 11.5 Å². The number of piperazine rings is 1. The van der Waals surface area contributed by atoms with Crippen LogP contribution < -0.4 is 19.9 Å². The van der Waals surface area contributed by atoms with Crippen LogP contribution in [0.25, 0.3) is 22.0 Å². The largest absolute Gasteiger partial charge is 0.493 e. The second-order valence-corrected chi connectivity index (χ2v) is 9.53. The maximum atomic E-state index is 9.10. The molecule has 1 aromatic heterocycles. The molecule has 0 radical (unpaired) electrons. The first kappa shape index (κ1) is 28.7. The summed E-state index contributed by atoms with van der Waals surface area (Å²) in [6.45, 7) is 8.98. The molecule has 2 N–H and O–H groups in total. The van der Waals surface area contributed by atoms with Crippen LogP contribution in [-0.2, 0) is 6.54 Å². The van der Waals surface area contributed by atoms with Crippen LogP contribution in [0.2, 0.25) is 0 Å². The minimum Gasteiger partial charge on any atom is -0.493 e. The van der Waals surface area contributed by atoms with E-state index < -0.39 is 0 Å². The van der Waals surface area contributed by atoms with Crippen LogP contribution in [-0.4, -0.2) is 68.8 Å². The maximum absolute atomic E-state index is 9.10. The van der Waals surface area contributed by atoms with E-state index >= 15 is 0 Å². The highest BCUT2D eigenvalue weighted by Gasteiger charge is 2.15. The fourth-order valence-electron chi connectivity index (χ4n) is 4.83. The molecule has 40 heavy (non-hydrogen) atoms. The number of nitriles is 1. The van der Waals surface area contributed by atoms with Gasteiger partial charge in [0.25, 0.3) is 0 Å². The summed E-state index contributed by atoms with van der Waals surface area (Å²) in [6, 6.07) is 22.4. The highest BCUT2D eigenvalue weighted by atomic mass is 16.5. The topological polar surface area (TPSA) is 96.9 Å². The summed E-state index contributed by atoms with van der Waals surface area (Å²) in [5.74, 6) is 1.98. The Morgan fingerprint density at radius 2 is 1.48 bits per heavy atom. The number of aromatic nitrogens is 1. The third-order valence-corrected chi connectivity index (χ3v) is 7.22. The zero-order chi connectivity index (χ0) is 28.5. The van der Waals surface area contributed by atoms with Crippen LogP contribution in [0.5, 0.6) is 17.2 Å². The van der Waals surface area contributed by atoms with Gasteiger partial charge in [-0.25, -0.2) is 0 Å². The van der Waals surface area contributed by atoms with E-state index in [2.05, 4.69) is 52.0 Å². The predicted molar refractivity (Wildman–Crippen MR) is 160 cm³/mol. The number of pyridine rings is 1. The molecule has 0 saturated carbocycles. The van der Waals surface area contributed by atoms with Gasteiger partial charge in [0.05, 0.1) is 38.1 Å². The zero-order valence-corrected chi connectivity index (χ0v) is 23.7. The SMILES string of the molecule is CCN1CCN(Cc2ccc(-c3ccc4c(N)c(C#N)cnc4c3)cc2)CC1.COc1cccc(OC)c1OC. The first-order valence-electron chi connectivity index (χ1n) is 13.4. The summed E-state index contributed by atoms with van der Waals surface area (Å²) in [5, 5.41) is 9.93. The van der Waals surface area contributed by atoms with E-state index in [1.54, 1.807) is 27.5 Å². The Morgan fingerprint density at radius 3 is 2.05 bits per heavy atom. The van der Waals surface area contributed by atoms with E-state index in [1.807, 2.05) is 36.4 Å². The van der Waals surface area contributed by atoms with Crippen molar-refractivity contribution < 1.29 is 14.2 Å². The molecule has 3 aromatic carbocycles. The van der Waals surface area contributed by atoms with Gasteiger partial charge in [-0.2, -0.15) is 5.26 Å². The van der Waals surface area contributed by atoms with Crippen LogP contribution in [0.4, 0.5) is 5.69 Å². The molecule has 1 aliphatic rings. The Kier molecular flexibility index (Phi) is 9.79. The summed E-state index contributed by atoms with van der Waals surface area (Å²) >= 11 is 0. The number of likely N-dealkylation sites (N-methyl/N-ethyl adjacent to an activating group) is 1. The number of nitrogens with two attached hydrogens (primary N) is 1. The van der Waals surface area contributed by atoms with Gasteiger partial charge in [0, 0.05) is 44.3 Å². The minimum atomic E-state index is 0.421. The Morgan fingerprint density at radius 1 is 0.850 bits per heavy atom. The van der Waals surface area contributed by atoms with E-state index in [1.165, 1.54) is 5.56 Å². The van der Waals surface area contributed by atoms with Crippen LogP contribution in [0.1, 0.15) is 18.1 Å². The highest BCUT2D eigenvalue weighted by Crippen LogP contribution is 2.36. The van der Waals surface area contributed by atoms with Crippen molar-refractivity contribution in [2.75, 3.05) is 59.8 Å². The lowest BCUT2D eigenvalue weighted by Gasteiger charge is -2.34. The lowest BCUT2D eigenvalue weighted by Crippen LogP contribution is -2.45. The third-order valence-electron chi connectivity index (χ3n) is 7.22. The van der Waals surface area contributed by atoms with Crippen molar-refractivity contribution in [2.45, 2.75) is 13.5 Å². The number of ether oxygens (including phenoxy) is 3. The molecule has 1 saturated heterocycles. The molecule has 1 aliphatic heterocycles. The number of benzene rings is 3. The average molecular weight is 540 g/mol. The molecule has 0 unspecified atom stereocenters. The van der Waals surface area contributed by atoms with Gasteiger partial charge in [-0.05, 0) is 41.4 Å². The molecule has 2 heterocycles. The van der Waals surface area contributed by atoms with E-state index in [-0.39, 0.29) is 0 Å². The van der Waals surface area contributed by atoms with Crippen molar-refractivity contribution in [3.8, 4) is 34.4 Å². The smallest absolute Gasteiger partial charge is 0.203 e. The van der Waals surface area contributed by atoms with Gasteiger partial charge in [0.2, 0.25) is 5.75 Å². The molecule has 208 valence electrons. The number of methoxy groups -OCH3 is 3. The van der Waals surface area contributed by atoms with Gasteiger partial charge >= 0.3 is 0 Å². The first-order valence-corrected chi connectivity index (χ1v) is 13.4. The standard InChI is InChI=1S/C23H25N5.C9H12O3/c1-2-27-9-11-28(12-10-27)16-17-3-5-18(6-4-17)19-7-8-21-22(13-19)26-15-20(14-24)23(21)25;1-10-7-5-4-6-8(11-2)9(7)12-3/h3-8,13,15H,2,9-12,16H2,1H3,(H2,25,26);4-6H,1-3H3. The summed E-state index contributed by atoms with van der Waals surface area (Å²) in [5.41, 5.74) is 11.4. The number of nitrogen functional groups attached to an aromatic ring is 1. The van der Waals surface area contributed by atoms with Crippen molar-refractivity contribution in [3.05, 3.63) is 78.0 Å². The van der Waals surface area contributed by atoms with E-state index in [0.29, 0.717) is 28.5 Å². The van der Waals surface area contributed by atoms with Gasteiger partial charge < -0.3 is 24.8 Å². The maximum Gasteiger partial charge on any atom is 0.203 e. The van der Waals surface area contributed by atoms with Gasteiger partial charge in [-0.3, -0.25) is 9.88 Å². The second kappa shape index (κ2) is 13.7. The normalized spacial score (nSPS) is 13.7. The van der Waals surface area contributed by atoms with Crippen LogP contribution >= 0.6 is 0 Å². The minimum absolute atomic E-state index is 0.421. The van der Waals surface area contributed by atoms with Crippen LogP contribution in [0.3, 0.4) is 0 Å². The quantitative estimate of drug-likeness (QED) is 0.342. The van der Waals surface area contributed by atoms with Crippen molar-refractivity contribution in [3.63, 3.8) is 0 Å². The zero-order valence-electron chi connectivity index (χ0n) is 23.7. The van der Waals surface area contributed by atoms with Crippen LogP contribution in [0, 0.1) is 11.3 Å². The third kappa shape index (κ3) is 6.63. The number of rotatable bonds is 7. The molecule has 4 aromatic rings. The molecule has 8 heteroatoms. The molecule has 0 aliphatic carbocycles. The fourth-order valence-corrected chi connectivity index (χ4v) is 4.83. The Balaban J connectivity index is 0.000000259. The number of anilines is 1. The molecule has 0 bridgehead atoms. The molecular weight excluding hydrogens is 502 g/mol. The van der Waals surface area contributed by atoms with Gasteiger partial charge in [-0.15, -0.1) is 0 Å². The van der Waals surface area contributed by atoms with Crippen molar-refractivity contribution in [1.82, 2.24) is 14.8 Å². The van der Waals surface area contributed by atoms with Crippen molar-refractivity contribution in [1.29, 1.82) is 5.26 Å². The second-order valence-electron chi connectivity index (χ2n) is 9.53. The van der Waals surface area contributed by atoms with Crippen molar-refractivity contribution in [2.24, 2.45) is 0 Å². The lowest BCUT2D eigenvalue weighted by atomic mass is 10.0. The molecule has 8 nitrogen and oxygen atoms in total. The number of hydrogen-bond donors (Lipinski definition) is 1. The molecule has 0 atom stereocenters. The molecule has 1 fully saturated rings. The van der Waals surface area contributed by atoms with E-state index in [4.69, 9.17) is 25.2 Å². The molecular formula is C32H37N5O3. The number of nitrogens with zero attached hydrogens (tertiary/aromatic N) is 4. The number of fused-ring (bicyclic) bond motifs is 1. The summed E-state index contributed by atoms with van der Waals surface area (Å²) in [7, 11) is 4.77. The lowest BCUT2D eigenvalue weighted by molar-refractivity contribution is 0.132. The summed E-state index contributed by atoms with van der Waals surface area (Å²) < 4.78 is 15.3. The molecule has 0 amide bonds. The fraction of sp³-hybridized carbons (Fsp3) is 0.312. The monoisotopic (exact) mass is 539 g/mol. The van der Waals surface area contributed by atoms with Crippen molar-refractivity contribution >= 4 is 16.6 Å². The Hall–Kier alpha value is -4.32. The molecule has 0 spiro atoms. The van der Waals surface area contributed by atoms with Crippen LogP contribution in [0.15, 0.2) is 66.9 Å². The summed E-state index contributed by atoms with van der Waals surface area (Å²) in [4.78, 5) is 9.42. The first-order chi connectivity index (χ1) is 19.5. The highest BCUT2D eigenvalue weighted by molar-refractivity contribution is 5.95. The summed E-state index contributed by atoms with van der Waals surface area (Å²) in [6.07, 6.45) is 1.54. The van der Waals surface area contributed by atoms with E-state index in [0.717, 1.165) is 61.3 Å². The average Bonchev–Trinajstić information content (AvgIpc) is 3.01.